The highest BCUT2D eigenvalue weighted by atomic mass is 16.1. The summed E-state index contributed by atoms with van der Waals surface area (Å²) in [6.45, 7) is 9.08. The highest BCUT2D eigenvalue weighted by Crippen LogP contribution is 2.26. The molecular formula is C23H40N2O2. The number of hydrogen-bond donors (Lipinski definition) is 2. The SMILES string of the molecule is CCCCCCCCCC.CCCNC(=O)c1c(C)[nH]c2c1CCCC2=O. The Morgan fingerprint density at radius 2 is 1.52 bits per heavy atom. The lowest BCUT2D eigenvalue weighted by Gasteiger charge is -2.11. The smallest absolute Gasteiger partial charge is 0.253 e. The van der Waals surface area contributed by atoms with E-state index < -0.39 is 0 Å². The molecule has 1 heterocycles. The second-order valence-corrected chi connectivity index (χ2v) is 7.63. The van der Waals surface area contributed by atoms with Gasteiger partial charge in [0.1, 0.15) is 0 Å². The Kier molecular flexibility index (Phi) is 11.8. The zero-order valence-electron chi connectivity index (χ0n) is 18.0. The molecule has 0 saturated heterocycles. The van der Waals surface area contributed by atoms with E-state index in [2.05, 4.69) is 24.1 Å². The number of aryl methyl sites for hydroxylation is 1. The van der Waals surface area contributed by atoms with Crippen molar-refractivity contribution < 1.29 is 9.59 Å². The largest absolute Gasteiger partial charge is 0.355 e. The van der Waals surface area contributed by atoms with Crippen molar-refractivity contribution in [3.8, 4) is 0 Å². The van der Waals surface area contributed by atoms with Gasteiger partial charge in [0, 0.05) is 18.7 Å². The van der Waals surface area contributed by atoms with E-state index in [4.69, 9.17) is 0 Å². The quantitative estimate of drug-likeness (QED) is 0.483. The number of aromatic amines is 1. The Morgan fingerprint density at radius 1 is 0.926 bits per heavy atom. The number of amides is 1. The molecule has 154 valence electrons. The van der Waals surface area contributed by atoms with Crippen LogP contribution in [0.25, 0.3) is 0 Å². The van der Waals surface area contributed by atoms with E-state index in [1.807, 2.05) is 13.8 Å². The van der Waals surface area contributed by atoms with E-state index in [1.54, 1.807) is 0 Å². The maximum Gasteiger partial charge on any atom is 0.253 e. The number of nitrogens with one attached hydrogen (secondary N) is 2. The Bertz CT molecular complexity index is 567. The molecule has 2 rings (SSSR count). The third kappa shape index (κ3) is 7.90. The molecule has 0 atom stereocenters. The van der Waals surface area contributed by atoms with Crippen molar-refractivity contribution >= 4 is 11.7 Å². The average molecular weight is 377 g/mol. The molecule has 4 nitrogen and oxygen atoms in total. The molecule has 0 fully saturated rings. The standard InChI is InChI=1S/C13H18N2O2.C10H22/c1-3-7-14-13(17)11-8(2)15-12-9(11)5-4-6-10(12)16;1-3-5-7-9-10-8-6-4-2/h15H,3-7H2,1-2H3,(H,14,17);3-10H2,1-2H3. The molecule has 0 radical (unpaired) electrons. The fourth-order valence-electron chi connectivity index (χ4n) is 3.56. The van der Waals surface area contributed by atoms with Crippen LogP contribution >= 0.6 is 0 Å². The summed E-state index contributed by atoms with van der Waals surface area (Å²) in [6, 6.07) is 0. The summed E-state index contributed by atoms with van der Waals surface area (Å²) in [5.41, 5.74) is 3.04. The maximum absolute atomic E-state index is 12.0. The van der Waals surface area contributed by atoms with Gasteiger partial charge >= 0.3 is 0 Å². The molecule has 0 aliphatic heterocycles. The first-order valence-electron chi connectivity index (χ1n) is 11.1. The van der Waals surface area contributed by atoms with Crippen LogP contribution < -0.4 is 5.32 Å². The van der Waals surface area contributed by atoms with Crippen molar-refractivity contribution in [2.45, 2.75) is 105 Å². The van der Waals surface area contributed by atoms with Crippen LogP contribution in [0.2, 0.25) is 0 Å². The molecule has 1 aliphatic rings. The van der Waals surface area contributed by atoms with Crippen molar-refractivity contribution in [2.75, 3.05) is 6.54 Å². The monoisotopic (exact) mass is 376 g/mol. The minimum absolute atomic E-state index is 0.0587. The number of H-pyrrole nitrogens is 1. The van der Waals surface area contributed by atoms with Crippen molar-refractivity contribution in [3.05, 3.63) is 22.5 Å². The maximum atomic E-state index is 12.0. The fourth-order valence-corrected chi connectivity index (χ4v) is 3.56. The fraction of sp³-hybridized carbons (Fsp3) is 0.739. The molecule has 0 saturated carbocycles. The highest BCUT2D eigenvalue weighted by molar-refractivity contribution is 6.04. The lowest BCUT2D eigenvalue weighted by molar-refractivity contribution is 0.0952. The van der Waals surface area contributed by atoms with Crippen molar-refractivity contribution in [1.29, 1.82) is 0 Å². The Labute approximate surface area is 165 Å². The molecular weight excluding hydrogens is 336 g/mol. The van der Waals surface area contributed by atoms with Gasteiger partial charge in [-0.05, 0) is 31.7 Å². The number of aromatic nitrogens is 1. The van der Waals surface area contributed by atoms with Crippen molar-refractivity contribution in [2.24, 2.45) is 0 Å². The lowest BCUT2D eigenvalue weighted by Crippen LogP contribution is -2.26. The van der Waals surface area contributed by atoms with Crippen LogP contribution in [0.1, 0.15) is 124 Å². The van der Waals surface area contributed by atoms with Crippen LogP contribution in [0.15, 0.2) is 0 Å². The Morgan fingerprint density at radius 3 is 2.07 bits per heavy atom. The zero-order valence-corrected chi connectivity index (χ0v) is 18.0. The van der Waals surface area contributed by atoms with Gasteiger partial charge in [-0.3, -0.25) is 9.59 Å². The third-order valence-corrected chi connectivity index (χ3v) is 5.12. The van der Waals surface area contributed by atoms with Crippen LogP contribution in [-0.2, 0) is 6.42 Å². The van der Waals surface area contributed by atoms with Crippen LogP contribution in [-0.4, -0.2) is 23.2 Å². The first-order valence-corrected chi connectivity index (χ1v) is 11.1. The average Bonchev–Trinajstić information content (AvgIpc) is 3.01. The van der Waals surface area contributed by atoms with E-state index in [-0.39, 0.29) is 11.7 Å². The van der Waals surface area contributed by atoms with E-state index in [0.29, 0.717) is 24.2 Å². The first kappa shape index (κ1) is 23.5. The van der Waals surface area contributed by atoms with Gasteiger partial charge < -0.3 is 10.3 Å². The molecule has 0 unspecified atom stereocenters. The summed E-state index contributed by atoms with van der Waals surface area (Å²) in [5, 5.41) is 2.87. The summed E-state index contributed by atoms with van der Waals surface area (Å²) in [7, 11) is 0. The second-order valence-electron chi connectivity index (χ2n) is 7.63. The number of fused-ring (bicyclic) bond motifs is 1. The lowest BCUT2D eigenvalue weighted by atomic mass is 9.93. The summed E-state index contributed by atoms with van der Waals surface area (Å²) in [6.07, 6.45) is 14.6. The topological polar surface area (TPSA) is 62.0 Å². The van der Waals surface area contributed by atoms with Gasteiger partial charge in [-0.25, -0.2) is 0 Å². The summed E-state index contributed by atoms with van der Waals surface area (Å²) in [4.78, 5) is 26.8. The van der Waals surface area contributed by atoms with Crippen LogP contribution in [0.3, 0.4) is 0 Å². The zero-order chi connectivity index (χ0) is 20.1. The van der Waals surface area contributed by atoms with E-state index >= 15 is 0 Å². The molecule has 1 aromatic rings. The second kappa shape index (κ2) is 13.6. The molecule has 0 spiro atoms. The van der Waals surface area contributed by atoms with Crippen LogP contribution in [0.5, 0.6) is 0 Å². The third-order valence-electron chi connectivity index (χ3n) is 5.12. The summed E-state index contributed by atoms with van der Waals surface area (Å²) >= 11 is 0. The van der Waals surface area contributed by atoms with Gasteiger partial charge in [-0.2, -0.15) is 0 Å². The number of unbranched alkanes of at least 4 members (excludes halogenated alkanes) is 7. The van der Waals surface area contributed by atoms with Gasteiger partial charge in [0.25, 0.3) is 5.91 Å². The summed E-state index contributed by atoms with van der Waals surface area (Å²) < 4.78 is 0. The molecule has 0 aromatic carbocycles. The summed E-state index contributed by atoms with van der Waals surface area (Å²) in [5.74, 6) is 0.0699. The van der Waals surface area contributed by atoms with Gasteiger partial charge in [-0.15, -0.1) is 0 Å². The van der Waals surface area contributed by atoms with Crippen LogP contribution in [0, 0.1) is 6.92 Å². The Balaban J connectivity index is 0.000000314. The Hall–Kier alpha value is -1.58. The number of carbonyl (C=O) groups is 2. The highest BCUT2D eigenvalue weighted by Gasteiger charge is 2.26. The number of hydrogen-bond acceptors (Lipinski definition) is 2. The van der Waals surface area contributed by atoms with Gasteiger partial charge in [0.05, 0.1) is 11.3 Å². The predicted octanol–water partition coefficient (Wildman–Crippen LogP) is 6.13. The minimum atomic E-state index is -0.0587. The van der Waals surface area contributed by atoms with E-state index in [9.17, 15) is 9.59 Å². The number of Topliss-reactive ketones (excluding diaryl/α,β-unsaturated/α-hetero) is 1. The van der Waals surface area contributed by atoms with E-state index in [1.165, 1.54) is 51.4 Å². The van der Waals surface area contributed by atoms with Crippen LogP contribution in [0.4, 0.5) is 0 Å². The number of carbonyl (C=O) groups excluding carboxylic acids is 2. The molecule has 2 N–H and O–H groups in total. The van der Waals surface area contributed by atoms with E-state index in [0.717, 1.165) is 30.5 Å². The van der Waals surface area contributed by atoms with Gasteiger partial charge in [-0.1, -0.05) is 72.1 Å². The molecule has 1 aromatic heterocycles. The number of rotatable bonds is 10. The normalized spacial score (nSPS) is 13.0. The number of ketones is 1. The molecule has 4 heteroatoms. The molecule has 1 amide bonds. The first-order chi connectivity index (χ1) is 13.1. The molecule has 0 bridgehead atoms. The molecule has 1 aliphatic carbocycles. The van der Waals surface area contributed by atoms with Gasteiger partial charge in [0.15, 0.2) is 5.78 Å². The minimum Gasteiger partial charge on any atom is -0.355 e. The van der Waals surface area contributed by atoms with Crippen molar-refractivity contribution in [3.63, 3.8) is 0 Å². The predicted molar refractivity (Wildman–Crippen MR) is 114 cm³/mol. The molecule has 27 heavy (non-hydrogen) atoms. The van der Waals surface area contributed by atoms with Crippen molar-refractivity contribution in [1.82, 2.24) is 10.3 Å². The van der Waals surface area contributed by atoms with Gasteiger partial charge in [0.2, 0.25) is 0 Å².